The number of nitrogens with one attached hydrogen (secondary N) is 1. The summed E-state index contributed by atoms with van der Waals surface area (Å²) >= 11 is 5.95. The number of hydrogen-bond donors (Lipinski definition) is 1. The first-order valence-corrected chi connectivity index (χ1v) is 10.6. The Balaban J connectivity index is 1.41. The molecule has 30 heavy (non-hydrogen) atoms. The third-order valence-corrected chi connectivity index (χ3v) is 5.12. The first-order chi connectivity index (χ1) is 14.4. The van der Waals surface area contributed by atoms with E-state index in [-0.39, 0.29) is 18.1 Å². The molecule has 2 aromatic carbocycles. The van der Waals surface area contributed by atoms with Gasteiger partial charge in [-0.1, -0.05) is 17.7 Å². The molecule has 1 saturated heterocycles. The van der Waals surface area contributed by atoms with E-state index in [1.54, 1.807) is 12.1 Å². The van der Waals surface area contributed by atoms with Gasteiger partial charge in [0.15, 0.2) is 0 Å². The maximum absolute atomic E-state index is 12.3. The monoisotopic (exact) mass is 431 g/mol. The molecule has 1 heterocycles. The van der Waals surface area contributed by atoms with Gasteiger partial charge in [-0.15, -0.1) is 0 Å². The summed E-state index contributed by atoms with van der Waals surface area (Å²) < 4.78 is 11.5. The number of amides is 1. The second kappa shape index (κ2) is 10.7. The number of hydrogen-bond acceptors (Lipinski definition) is 5. The number of anilines is 2. The van der Waals surface area contributed by atoms with Crippen LogP contribution in [0.1, 0.15) is 13.8 Å². The highest BCUT2D eigenvalue weighted by atomic mass is 35.5. The average molecular weight is 432 g/mol. The number of rotatable bonds is 8. The maximum atomic E-state index is 12.3. The molecule has 1 amide bonds. The van der Waals surface area contributed by atoms with Crippen molar-refractivity contribution in [3.8, 4) is 5.75 Å². The molecule has 0 aromatic heterocycles. The molecule has 1 aliphatic rings. The Labute approximate surface area is 183 Å². The van der Waals surface area contributed by atoms with Crippen molar-refractivity contribution in [1.29, 1.82) is 0 Å². The molecule has 0 bridgehead atoms. The highest BCUT2D eigenvalue weighted by molar-refractivity contribution is 6.30. The zero-order valence-electron chi connectivity index (χ0n) is 17.8. The van der Waals surface area contributed by atoms with Crippen molar-refractivity contribution in [3.05, 3.63) is 53.6 Å². The topological polar surface area (TPSA) is 54.0 Å². The van der Waals surface area contributed by atoms with Crippen LogP contribution in [0.3, 0.4) is 0 Å². The molecule has 6 nitrogen and oxygen atoms in total. The minimum atomic E-state index is -0.0541. The van der Waals surface area contributed by atoms with Gasteiger partial charge in [0.1, 0.15) is 12.4 Å². The third kappa shape index (κ3) is 6.90. The Morgan fingerprint density at radius 1 is 1.20 bits per heavy atom. The SMILES string of the molecule is CC1CN(c2ccc(NC(=O)CN(C)CCOc3cccc(Cl)c3)cc2)CC(C)O1. The zero-order chi connectivity index (χ0) is 21.5. The van der Waals surface area contributed by atoms with Crippen molar-refractivity contribution < 1.29 is 14.3 Å². The fourth-order valence-electron chi connectivity index (χ4n) is 3.55. The van der Waals surface area contributed by atoms with Gasteiger partial charge in [0, 0.05) is 36.0 Å². The number of halogens is 1. The van der Waals surface area contributed by atoms with Crippen LogP contribution in [0.2, 0.25) is 5.02 Å². The standard InChI is InChI=1S/C23H30ClN3O3/c1-17-14-27(15-18(2)30-17)21-9-7-20(8-10-21)25-23(28)16-26(3)11-12-29-22-6-4-5-19(24)13-22/h4-10,13,17-18H,11-12,14-16H2,1-3H3,(H,25,28). The van der Waals surface area contributed by atoms with Crippen molar-refractivity contribution in [2.24, 2.45) is 0 Å². The summed E-state index contributed by atoms with van der Waals surface area (Å²) in [4.78, 5) is 16.6. The van der Waals surface area contributed by atoms with E-state index in [2.05, 4.69) is 24.1 Å². The van der Waals surface area contributed by atoms with Crippen LogP contribution < -0.4 is 15.0 Å². The van der Waals surface area contributed by atoms with E-state index < -0.39 is 0 Å². The van der Waals surface area contributed by atoms with E-state index in [0.717, 1.165) is 30.2 Å². The molecule has 2 aromatic rings. The Kier molecular flexibility index (Phi) is 7.96. The van der Waals surface area contributed by atoms with E-state index in [0.29, 0.717) is 24.7 Å². The van der Waals surface area contributed by atoms with E-state index >= 15 is 0 Å². The Hall–Kier alpha value is -2.28. The number of morpholine rings is 1. The largest absolute Gasteiger partial charge is 0.492 e. The molecular weight excluding hydrogens is 402 g/mol. The molecule has 2 unspecified atom stereocenters. The van der Waals surface area contributed by atoms with Crippen LogP contribution in [0.5, 0.6) is 5.75 Å². The molecule has 0 aliphatic carbocycles. The van der Waals surface area contributed by atoms with Gasteiger partial charge in [0.25, 0.3) is 0 Å². The molecule has 1 aliphatic heterocycles. The van der Waals surface area contributed by atoms with Crippen molar-refractivity contribution in [2.45, 2.75) is 26.1 Å². The summed E-state index contributed by atoms with van der Waals surface area (Å²) in [6.45, 7) is 7.33. The average Bonchev–Trinajstić information content (AvgIpc) is 2.67. The van der Waals surface area contributed by atoms with Crippen molar-refractivity contribution in [1.82, 2.24) is 4.90 Å². The summed E-state index contributed by atoms with van der Waals surface area (Å²) in [5, 5.41) is 3.60. The molecule has 162 valence electrons. The summed E-state index contributed by atoms with van der Waals surface area (Å²) in [6, 6.07) is 15.3. The summed E-state index contributed by atoms with van der Waals surface area (Å²) in [7, 11) is 1.89. The van der Waals surface area contributed by atoms with Gasteiger partial charge in [-0.05, 0) is 63.4 Å². The second-order valence-electron chi connectivity index (χ2n) is 7.80. The van der Waals surface area contributed by atoms with Crippen LogP contribution in [0.4, 0.5) is 11.4 Å². The van der Waals surface area contributed by atoms with Gasteiger partial charge in [0.2, 0.25) is 5.91 Å². The van der Waals surface area contributed by atoms with Crippen LogP contribution in [-0.2, 0) is 9.53 Å². The van der Waals surface area contributed by atoms with Crippen molar-refractivity contribution in [2.75, 3.05) is 50.1 Å². The third-order valence-electron chi connectivity index (χ3n) is 4.89. The summed E-state index contributed by atoms with van der Waals surface area (Å²) in [5.41, 5.74) is 1.94. The minimum absolute atomic E-state index is 0.0541. The van der Waals surface area contributed by atoms with E-state index in [9.17, 15) is 4.79 Å². The number of likely N-dealkylation sites (N-methyl/N-ethyl adjacent to an activating group) is 1. The van der Waals surface area contributed by atoms with E-state index in [1.165, 1.54) is 0 Å². The van der Waals surface area contributed by atoms with Crippen LogP contribution in [0.25, 0.3) is 0 Å². The Morgan fingerprint density at radius 2 is 1.90 bits per heavy atom. The lowest BCUT2D eigenvalue weighted by atomic mass is 10.2. The maximum Gasteiger partial charge on any atom is 0.238 e. The minimum Gasteiger partial charge on any atom is -0.492 e. The second-order valence-corrected chi connectivity index (χ2v) is 8.24. The van der Waals surface area contributed by atoms with Crippen molar-refractivity contribution in [3.63, 3.8) is 0 Å². The lowest BCUT2D eigenvalue weighted by molar-refractivity contribution is -0.117. The number of benzene rings is 2. The van der Waals surface area contributed by atoms with Gasteiger partial charge in [-0.3, -0.25) is 9.69 Å². The first kappa shape index (κ1) is 22.4. The fraction of sp³-hybridized carbons (Fsp3) is 0.435. The number of ether oxygens (including phenoxy) is 2. The lowest BCUT2D eigenvalue weighted by Crippen LogP contribution is -2.45. The van der Waals surface area contributed by atoms with Crippen LogP contribution in [-0.4, -0.2) is 62.8 Å². The predicted molar refractivity (Wildman–Crippen MR) is 122 cm³/mol. The highest BCUT2D eigenvalue weighted by Crippen LogP contribution is 2.22. The van der Waals surface area contributed by atoms with Gasteiger partial charge in [-0.25, -0.2) is 0 Å². The Morgan fingerprint density at radius 3 is 2.57 bits per heavy atom. The van der Waals surface area contributed by atoms with Crippen molar-refractivity contribution >= 4 is 28.9 Å². The Bertz CT molecular complexity index is 821. The summed E-state index contributed by atoms with van der Waals surface area (Å²) in [6.07, 6.45) is 0.429. The first-order valence-electron chi connectivity index (χ1n) is 10.3. The van der Waals surface area contributed by atoms with Gasteiger partial charge < -0.3 is 19.7 Å². The smallest absolute Gasteiger partial charge is 0.238 e. The quantitative estimate of drug-likeness (QED) is 0.686. The molecular formula is C23H30ClN3O3. The molecule has 1 N–H and O–H groups in total. The zero-order valence-corrected chi connectivity index (χ0v) is 18.6. The number of carbonyl (C=O) groups is 1. The fourth-order valence-corrected chi connectivity index (χ4v) is 3.73. The molecule has 3 rings (SSSR count). The predicted octanol–water partition coefficient (Wildman–Crippen LogP) is 3.90. The molecule has 7 heteroatoms. The van der Waals surface area contributed by atoms with Gasteiger partial charge >= 0.3 is 0 Å². The molecule has 0 spiro atoms. The van der Waals surface area contributed by atoms with Gasteiger partial charge in [-0.2, -0.15) is 0 Å². The number of carbonyl (C=O) groups excluding carboxylic acids is 1. The van der Waals surface area contributed by atoms with E-state index in [1.807, 2.05) is 48.3 Å². The van der Waals surface area contributed by atoms with Crippen LogP contribution in [0, 0.1) is 0 Å². The summed E-state index contributed by atoms with van der Waals surface area (Å²) in [5.74, 6) is 0.672. The molecule has 2 atom stereocenters. The molecule has 0 radical (unpaired) electrons. The molecule has 1 fully saturated rings. The van der Waals surface area contributed by atoms with E-state index in [4.69, 9.17) is 21.1 Å². The lowest BCUT2D eigenvalue weighted by Gasteiger charge is -2.36. The highest BCUT2D eigenvalue weighted by Gasteiger charge is 2.22. The molecule has 0 saturated carbocycles. The normalized spacial score (nSPS) is 19.0. The van der Waals surface area contributed by atoms with Crippen LogP contribution >= 0.6 is 11.6 Å². The number of nitrogens with zero attached hydrogens (tertiary/aromatic N) is 2. The van der Waals surface area contributed by atoms with Gasteiger partial charge in [0.05, 0.1) is 18.8 Å². The van der Waals surface area contributed by atoms with Crippen LogP contribution in [0.15, 0.2) is 48.5 Å².